The summed E-state index contributed by atoms with van der Waals surface area (Å²) in [6.45, 7) is 0.703. The van der Waals surface area contributed by atoms with Gasteiger partial charge >= 0.3 is 0 Å². The Bertz CT molecular complexity index is 1490. The molecule has 3 aromatic carbocycles. The first-order chi connectivity index (χ1) is 17.3. The lowest BCUT2D eigenvalue weighted by atomic mass is 9.95. The van der Waals surface area contributed by atoms with Gasteiger partial charge in [-0.2, -0.15) is 0 Å². The minimum atomic E-state index is 0.356. The van der Waals surface area contributed by atoms with Crippen LogP contribution in [0.5, 0.6) is 0 Å². The highest BCUT2D eigenvalue weighted by molar-refractivity contribution is 6.02. The molecule has 1 aliphatic carbocycles. The molecule has 4 nitrogen and oxygen atoms in total. The molecule has 5 aromatic rings. The molecule has 1 N–H and O–H groups in total. The highest BCUT2D eigenvalue weighted by Gasteiger charge is 2.25. The second-order valence-corrected chi connectivity index (χ2v) is 9.52. The van der Waals surface area contributed by atoms with Gasteiger partial charge in [0, 0.05) is 18.2 Å². The summed E-state index contributed by atoms with van der Waals surface area (Å²) in [5.74, 6) is 0. The van der Waals surface area contributed by atoms with Crippen LogP contribution in [0.4, 0.5) is 0 Å². The van der Waals surface area contributed by atoms with Gasteiger partial charge in [0.2, 0.25) is 0 Å². The maximum atomic E-state index is 9.43. The lowest BCUT2D eigenvalue weighted by Gasteiger charge is -2.24. The minimum Gasteiger partial charge on any atom is -0.320 e. The maximum absolute atomic E-state index is 9.43. The minimum absolute atomic E-state index is 0.356. The average molecular weight is 459 g/mol. The summed E-state index contributed by atoms with van der Waals surface area (Å²) in [6.07, 6.45) is 7.92. The van der Waals surface area contributed by atoms with Gasteiger partial charge in [-0.15, -0.1) is 0 Å². The van der Waals surface area contributed by atoms with Crippen molar-refractivity contribution in [2.24, 2.45) is 0 Å². The van der Waals surface area contributed by atoms with Gasteiger partial charge in [0.15, 0.2) is 0 Å². The van der Waals surface area contributed by atoms with Crippen molar-refractivity contribution in [2.75, 3.05) is 0 Å². The third-order valence-electron chi connectivity index (χ3n) is 7.30. The molecule has 0 aliphatic heterocycles. The van der Waals surface area contributed by atoms with Crippen molar-refractivity contribution in [3.05, 3.63) is 108 Å². The molecule has 0 radical (unpaired) electrons. The van der Waals surface area contributed by atoms with Crippen LogP contribution in [0.25, 0.3) is 33.4 Å². The Hall–Kier alpha value is -3.92. The monoisotopic (exact) mass is 458 g/mol. The average Bonchev–Trinajstić information content (AvgIpc) is 3.26. The van der Waals surface area contributed by atoms with Crippen molar-refractivity contribution in [3.63, 3.8) is 0 Å². The predicted octanol–water partition coefficient (Wildman–Crippen LogP) is 7.20. The molecule has 35 heavy (non-hydrogen) atoms. The molecule has 1 aliphatic rings. The number of nitrogens with one attached hydrogen (secondary N) is 1. The van der Waals surface area contributed by atoms with E-state index in [0.29, 0.717) is 18.1 Å². The van der Waals surface area contributed by atoms with Crippen molar-refractivity contribution in [1.82, 2.24) is 14.1 Å². The van der Waals surface area contributed by atoms with Crippen LogP contribution in [0, 0.1) is 5.41 Å². The molecule has 174 valence electrons. The summed E-state index contributed by atoms with van der Waals surface area (Å²) >= 11 is 0. The summed E-state index contributed by atoms with van der Waals surface area (Å²) < 4.78 is 4.45. The largest absolute Gasteiger partial charge is 0.320 e. The van der Waals surface area contributed by atoms with Crippen LogP contribution in [0.15, 0.2) is 97.3 Å². The van der Waals surface area contributed by atoms with E-state index in [4.69, 9.17) is 4.98 Å². The number of hydrogen-bond donors (Lipinski definition) is 1. The lowest BCUT2D eigenvalue weighted by Crippen LogP contribution is -2.27. The van der Waals surface area contributed by atoms with Gasteiger partial charge in [-0.1, -0.05) is 110 Å². The van der Waals surface area contributed by atoms with Gasteiger partial charge in [0.1, 0.15) is 11.1 Å². The quantitative estimate of drug-likeness (QED) is 0.297. The van der Waals surface area contributed by atoms with Gasteiger partial charge in [-0.05, 0) is 29.5 Å². The molecule has 0 saturated heterocycles. The molecule has 1 saturated carbocycles. The first kappa shape index (κ1) is 21.6. The molecule has 1 fully saturated rings. The molecule has 4 heteroatoms. The van der Waals surface area contributed by atoms with E-state index in [2.05, 4.69) is 100 Å². The van der Waals surface area contributed by atoms with Crippen LogP contribution in [-0.2, 0) is 6.54 Å². The molecule has 2 heterocycles. The van der Waals surface area contributed by atoms with Gasteiger partial charge in [0.25, 0.3) is 0 Å². The normalized spacial score (nSPS) is 14.4. The van der Waals surface area contributed by atoms with Crippen LogP contribution in [0.1, 0.15) is 43.7 Å². The molecule has 0 atom stereocenters. The van der Waals surface area contributed by atoms with Crippen LogP contribution < -0.4 is 5.49 Å². The van der Waals surface area contributed by atoms with E-state index in [0.717, 1.165) is 46.3 Å². The third kappa shape index (κ3) is 3.99. The second-order valence-electron chi connectivity index (χ2n) is 9.52. The number of nitrogens with zero attached hydrogens (tertiary/aromatic N) is 3. The molecular weight excluding hydrogens is 428 g/mol. The summed E-state index contributed by atoms with van der Waals surface area (Å²) in [6, 6.07) is 32.0. The van der Waals surface area contributed by atoms with Crippen LogP contribution >= 0.6 is 0 Å². The standard InChI is InChI=1S/C31H30N4/c32-30-28-27(24-15-7-2-8-16-24)29(25-17-9-3-10-18-25)34(21-23-13-5-1-6-14-23)31(28)33-22-35(30)26-19-11-4-12-20-26/h1-3,5-10,13-18,22,26,32H,4,11-12,19-21H2. The number of aromatic nitrogens is 3. The fraction of sp³-hybridized carbons (Fsp3) is 0.226. The highest BCUT2D eigenvalue weighted by Crippen LogP contribution is 2.39. The molecule has 0 bridgehead atoms. The van der Waals surface area contributed by atoms with E-state index in [1.807, 2.05) is 6.33 Å². The van der Waals surface area contributed by atoms with Crippen LogP contribution in [0.2, 0.25) is 0 Å². The Balaban J connectivity index is 1.69. The third-order valence-corrected chi connectivity index (χ3v) is 7.30. The zero-order valence-corrected chi connectivity index (χ0v) is 19.9. The second kappa shape index (κ2) is 9.38. The van der Waals surface area contributed by atoms with Gasteiger partial charge in [0.05, 0.1) is 17.4 Å². The van der Waals surface area contributed by atoms with Crippen molar-refractivity contribution in [2.45, 2.75) is 44.7 Å². The van der Waals surface area contributed by atoms with Gasteiger partial charge in [-0.3, -0.25) is 5.41 Å². The van der Waals surface area contributed by atoms with E-state index in [1.165, 1.54) is 24.8 Å². The van der Waals surface area contributed by atoms with E-state index in [1.54, 1.807) is 0 Å². The number of fused-ring (bicyclic) bond motifs is 1. The highest BCUT2D eigenvalue weighted by atomic mass is 15.1. The topological polar surface area (TPSA) is 46.6 Å². The first-order valence-corrected chi connectivity index (χ1v) is 12.6. The van der Waals surface area contributed by atoms with Crippen molar-refractivity contribution in [3.8, 4) is 22.4 Å². The Morgan fingerprint density at radius 3 is 2.00 bits per heavy atom. The SMILES string of the molecule is N=c1c2c(-c3ccccc3)c(-c3ccccc3)n(Cc3ccccc3)c2ncn1C1CCCCC1. The van der Waals surface area contributed by atoms with Crippen molar-refractivity contribution < 1.29 is 0 Å². The van der Waals surface area contributed by atoms with Gasteiger partial charge in [-0.25, -0.2) is 4.98 Å². The fourth-order valence-electron chi connectivity index (χ4n) is 5.61. The van der Waals surface area contributed by atoms with E-state index in [-0.39, 0.29) is 0 Å². The van der Waals surface area contributed by atoms with Crippen molar-refractivity contribution in [1.29, 1.82) is 5.41 Å². The van der Waals surface area contributed by atoms with E-state index >= 15 is 0 Å². The molecule has 0 spiro atoms. The Morgan fingerprint density at radius 2 is 1.34 bits per heavy atom. The maximum Gasteiger partial charge on any atom is 0.146 e. The molecular formula is C31H30N4. The van der Waals surface area contributed by atoms with Crippen LogP contribution in [-0.4, -0.2) is 14.1 Å². The Labute approximate surface area is 206 Å². The van der Waals surface area contributed by atoms with E-state index in [9.17, 15) is 5.41 Å². The first-order valence-electron chi connectivity index (χ1n) is 12.6. The molecule has 0 amide bonds. The summed E-state index contributed by atoms with van der Waals surface area (Å²) in [5, 5.41) is 10.4. The smallest absolute Gasteiger partial charge is 0.146 e. The van der Waals surface area contributed by atoms with Crippen LogP contribution in [0.3, 0.4) is 0 Å². The number of benzene rings is 3. The molecule has 0 unspecified atom stereocenters. The van der Waals surface area contributed by atoms with Gasteiger partial charge < -0.3 is 9.13 Å². The Kier molecular flexibility index (Phi) is 5.79. The number of rotatable bonds is 5. The Morgan fingerprint density at radius 1 is 0.743 bits per heavy atom. The summed E-state index contributed by atoms with van der Waals surface area (Å²) in [5.41, 5.74) is 7.17. The summed E-state index contributed by atoms with van der Waals surface area (Å²) in [4.78, 5) is 5.05. The molecule has 2 aromatic heterocycles. The zero-order valence-electron chi connectivity index (χ0n) is 19.9. The van der Waals surface area contributed by atoms with E-state index < -0.39 is 0 Å². The zero-order chi connectivity index (χ0) is 23.6. The predicted molar refractivity (Wildman–Crippen MR) is 142 cm³/mol. The molecule has 6 rings (SSSR count). The lowest BCUT2D eigenvalue weighted by molar-refractivity contribution is 0.341. The number of hydrogen-bond acceptors (Lipinski definition) is 2. The fourth-order valence-corrected chi connectivity index (χ4v) is 5.61. The van der Waals surface area contributed by atoms with Crippen molar-refractivity contribution >= 4 is 11.0 Å². The summed E-state index contributed by atoms with van der Waals surface area (Å²) in [7, 11) is 0.